The Balaban J connectivity index is 2.66. The number of hydrogen-bond donors (Lipinski definition) is 1. The molecule has 0 radical (unpaired) electrons. The van der Waals surface area contributed by atoms with Crippen LogP contribution in [0.25, 0.3) is 11.3 Å². The molecule has 0 saturated heterocycles. The zero-order chi connectivity index (χ0) is 14.9. The van der Waals surface area contributed by atoms with Crippen LogP contribution in [0.4, 0.5) is 4.39 Å². The molecule has 0 atom stereocenters. The third kappa shape index (κ3) is 2.77. The standard InChI is InChI=1S/C15H17FN2O2/c1-4-18-14(19)12(15(2,3)20)9-13(17-18)10-5-7-11(16)8-6-10/h5-9,20H,4H2,1-3H3. The molecule has 0 unspecified atom stereocenters. The van der Waals surface area contributed by atoms with Crippen molar-refractivity contribution in [3.05, 3.63) is 52.1 Å². The van der Waals surface area contributed by atoms with E-state index >= 15 is 0 Å². The minimum absolute atomic E-state index is 0.272. The summed E-state index contributed by atoms with van der Waals surface area (Å²) in [5, 5.41) is 14.3. The minimum Gasteiger partial charge on any atom is -0.386 e. The fraction of sp³-hybridized carbons (Fsp3) is 0.333. The summed E-state index contributed by atoms with van der Waals surface area (Å²) >= 11 is 0. The molecule has 0 saturated carbocycles. The Bertz CT molecular complexity index is 670. The summed E-state index contributed by atoms with van der Waals surface area (Å²) in [6.45, 7) is 5.31. The fourth-order valence-electron chi connectivity index (χ4n) is 1.96. The van der Waals surface area contributed by atoms with Gasteiger partial charge in [0.2, 0.25) is 0 Å². The normalized spacial score (nSPS) is 11.7. The van der Waals surface area contributed by atoms with Crippen LogP contribution >= 0.6 is 0 Å². The summed E-state index contributed by atoms with van der Waals surface area (Å²) in [5.74, 6) is -0.333. The van der Waals surface area contributed by atoms with Gasteiger partial charge in [-0.05, 0) is 51.1 Å². The Morgan fingerprint density at radius 3 is 2.40 bits per heavy atom. The Hall–Kier alpha value is -2.01. The molecule has 0 aliphatic heterocycles. The highest BCUT2D eigenvalue weighted by Crippen LogP contribution is 2.22. The van der Waals surface area contributed by atoms with E-state index in [-0.39, 0.29) is 16.9 Å². The first-order valence-corrected chi connectivity index (χ1v) is 6.44. The quantitative estimate of drug-likeness (QED) is 0.935. The second-order valence-corrected chi connectivity index (χ2v) is 5.13. The molecule has 1 aromatic carbocycles. The van der Waals surface area contributed by atoms with Crippen LogP contribution in [0.5, 0.6) is 0 Å². The molecule has 0 amide bonds. The number of aromatic nitrogens is 2. The Labute approximate surface area is 116 Å². The molecule has 4 nitrogen and oxygen atoms in total. The van der Waals surface area contributed by atoms with Crippen LogP contribution in [-0.2, 0) is 12.1 Å². The predicted octanol–water partition coefficient (Wildman–Crippen LogP) is 2.30. The molecule has 2 rings (SSSR count). The van der Waals surface area contributed by atoms with Crippen LogP contribution in [0.15, 0.2) is 35.1 Å². The Morgan fingerprint density at radius 2 is 1.90 bits per heavy atom. The lowest BCUT2D eigenvalue weighted by molar-refractivity contribution is 0.0762. The van der Waals surface area contributed by atoms with Gasteiger partial charge in [0, 0.05) is 12.1 Å². The second-order valence-electron chi connectivity index (χ2n) is 5.13. The van der Waals surface area contributed by atoms with E-state index < -0.39 is 5.60 Å². The molecular weight excluding hydrogens is 259 g/mol. The number of aliphatic hydroxyl groups is 1. The summed E-state index contributed by atoms with van der Waals surface area (Å²) in [4.78, 5) is 12.2. The molecule has 0 fully saturated rings. The van der Waals surface area contributed by atoms with Crippen molar-refractivity contribution in [1.29, 1.82) is 0 Å². The SMILES string of the molecule is CCn1nc(-c2ccc(F)cc2)cc(C(C)(C)O)c1=O. The average Bonchev–Trinajstić information content (AvgIpc) is 2.38. The summed E-state index contributed by atoms with van der Waals surface area (Å²) < 4.78 is 14.3. The molecule has 1 heterocycles. The van der Waals surface area contributed by atoms with Crippen LogP contribution in [0.3, 0.4) is 0 Å². The lowest BCUT2D eigenvalue weighted by Gasteiger charge is -2.19. The maximum absolute atomic E-state index is 13.0. The van der Waals surface area contributed by atoms with Gasteiger partial charge >= 0.3 is 0 Å². The average molecular weight is 276 g/mol. The first kappa shape index (κ1) is 14.4. The number of halogens is 1. The van der Waals surface area contributed by atoms with Crippen molar-refractivity contribution < 1.29 is 9.50 Å². The van der Waals surface area contributed by atoms with Crippen molar-refractivity contribution in [3.8, 4) is 11.3 Å². The van der Waals surface area contributed by atoms with Crippen LogP contribution in [0.1, 0.15) is 26.3 Å². The van der Waals surface area contributed by atoms with Gasteiger partial charge in [0.25, 0.3) is 5.56 Å². The van der Waals surface area contributed by atoms with Gasteiger partial charge in [0.15, 0.2) is 0 Å². The van der Waals surface area contributed by atoms with Gasteiger partial charge in [-0.15, -0.1) is 0 Å². The van der Waals surface area contributed by atoms with Crippen molar-refractivity contribution in [2.75, 3.05) is 0 Å². The number of aryl methyl sites for hydroxylation is 1. The van der Waals surface area contributed by atoms with E-state index in [0.29, 0.717) is 17.8 Å². The molecule has 2 aromatic rings. The van der Waals surface area contributed by atoms with E-state index in [4.69, 9.17) is 0 Å². The lowest BCUT2D eigenvalue weighted by Crippen LogP contribution is -2.33. The maximum atomic E-state index is 13.0. The lowest BCUT2D eigenvalue weighted by atomic mass is 9.98. The molecule has 0 aliphatic carbocycles. The van der Waals surface area contributed by atoms with Gasteiger partial charge in [-0.2, -0.15) is 5.10 Å². The van der Waals surface area contributed by atoms with Gasteiger partial charge < -0.3 is 5.11 Å². The molecule has 20 heavy (non-hydrogen) atoms. The van der Waals surface area contributed by atoms with E-state index in [2.05, 4.69) is 5.10 Å². The molecule has 1 N–H and O–H groups in total. The molecule has 0 bridgehead atoms. The van der Waals surface area contributed by atoms with Gasteiger partial charge in [0.05, 0.1) is 16.9 Å². The summed E-state index contributed by atoms with van der Waals surface area (Å²) in [5.41, 5.74) is -0.0756. The maximum Gasteiger partial charge on any atom is 0.272 e. The Morgan fingerprint density at radius 1 is 1.30 bits per heavy atom. The molecule has 1 aromatic heterocycles. The first-order valence-electron chi connectivity index (χ1n) is 6.44. The molecule has 5 heteroatoms. The highest BCUT2D eigenvalue weighted by molar-refractivity contribution is 5.59. The molecular formula is C15H17FN2O2. The smallest absolute Gasteiger partial charge is 0.272 e. The topological polar surface area (TPSA) is 55.1 Å². The van der Waals surface area contributed by atoms with Gasteiger partial charge in [-0.1, -0.05) is 0 Å². The highest BCUT2D eigenvalue weighted by atomic mass is 19.1. The molecule has 0 spiro atoms. The van der Waals surface area contributed by atoms with E-state index in [1.54, 1.807) is 39.0 Å². The summed E-state index contributed by atoms with van der Waals surface area (Å²) in [6.07, 6.45) is 0. The van der Waals surface area contributed by atoms with Crippen LogP contribution < -0.4 is 5.56 Å². The van der Waals surface area contributed by atoms with E-state index in [0.717, 1.165) is 0 Å². The van der Waals surface area contributed by atoms with E-state index in [1.807, 2.05) is 0 Å². The van der Waals surface area contributed by atoms with Crippen molar-refractivity contribution in [1.82, 2.24) is 9.78 Å². The monoisotopic (exact) mass is 276 g/mol. The first-order chi connectivity index (χ1) is 9.32. The number of hydrogen-bond acceptors (Lipinski definition) is 3. The highest BCUT2D eigenvalue weighted by Gasteiger charge is 2.22. The fourth-order valence-corrected chi connectivity index (χ4v) is 1.96. The van der Waals surface area contributed by atoms with Gasteiger partial charge in [-0.25, -0.2) is 9.07 Å². The van der Waals surface area contributed by atoms with Crippen LogP contribution in [0.2, 0.25) is 0 Å². The Kier molecular flexibility index (Phi) is 3.72. The zero-order valence-electron chi connectivity index (χ0n) is 11.7. The van der Waals surface area contributed by atoms with Crippen molar-refractivity contribution in [2.24, 2.45) is 0 Å². The minimum atomic E-state index is -1.26. The van der Waals surface area contributed by atoms with Crippen LogP contribution in [0, 0.1) is 5.82 Å². The third-order valence-corrected chi connectivity index (χ3v) is 3.07. The predicted molar refractivity (Wildman–Crippen MR) is 74.8 cm³/mol. The van der Waals surface area contributed by atoms with Crippen molar-refractivity contribution >= 4 is 0 Å². The molecule has 0 aliphatic rings. The summed E-state index contributed by atoms with van der Waals surface area (Å²) in [6, 6.07) is 7.42. The van der Waals surface area contributed by atoms with E-state index in [9.17, 15) is 14.3 Å². The van der Waals surface area contributed by atoms with Gasteiger partial charge in [-0.3, -0.25) is 4.79 Å². The van der Waals surface area contributed by atoms with Crippen molar-refractivity contribution in [2.45, 2.75) is 32.9 Å². The van der Waals surface area contributed by atoms with Gasteiger partial charge in [0.1, 0.15) is 5.82 Å². The molecule has 106 valence electrons. The number of rotatable bonds is 3. The zero-order valence-corrected chi connectivity index (χ0v) is 11.7. The second kappa shape index (κ2) is 5.17. The number of nitrogens with zero attached hydrogens (tertiary/aromatic N) is 2. The van der Waals surface area contributed by atoms with Crippen molar-refractivity contribution in [3.63, 3.8) is 0 Å². The third-order valence-electron chi connectivity index (χ3n) is 3.07. The largest absolute Gasteiger partial charge is 0.386 e. The number of benzene rings is 1. The van der Waals surface area contributed by atoms with E-state index in [1.165, 1.54) is 16.8 Å². The summed E-state index contributed by atoms with van der Waals surface area (Å²) in [7, 11) is 0. The van der Waals surface area contributed by atoms with Crippen LogP contribution in [-0.4, -0.2) is 14.9 Å².